The van der Waals surface area contributed by atoms with Crippen LogP contribution >= 0.6 is 0 Å². The summed E-state index contributed by atoms with van der Waals surface area (Å²) >= 11 is 0. The first-order chi connectivity index (χ1) is 10.6. The molecule has 0 spiro atoms. The highest BCUT2D eigenvalue weighted by molar-refractivity contribution is 6.10. The molecule has 22 heavy (non-hydrogen) atoms. The van der Waals surface area contributed by atoms with E-state index < -0.39 is 0 Å². The van der Waals surface area contributed by atoms with E-state index in [1.807, 2.05) is 24.3 Å². The minimum absolute atomic E-state index is 0.194. The van der Waals surface area contributed by atoms with Crippen LogP contribution in [0, 0.1) is 22.7 Å². The number of hydrazone groups is 1. The normalized spacial score (nSPS) is 21.5. The summed E-state index contributed by atoms with van der Waals surface area (Å²) in [7, 11) is 0. The highest BCUT2D eigenvalue weighted by Gasteiger charge is 2.21. The van der Waals surface area contributed by atoms with Crippen LogP contribution in [0.15, 0.2) is 29.4 Å². The zero-order valence-corrected chi connectivity index (χ0v) is 12.8. The molecule has 1 aliphatic heterocycles. The molecule has 1 N–H and O–H groups in total. The summed E-state index contributed by atoms with van der Waals surface area (Å²) in [5, 5.41) is 20.9. The summed E-state index contributed by atoms with van der Waals surface area (Å²) in [6.07, 6.45) is 0.517. The standard InChI is InChI=1S/C16H19N5O/c1-12-9-21(10-13(2)22-12)11-14-3-5-15(6-4-14)19-20-16(7-17)8-18/h3-6,12-13,19H,9-11H2,1-2H3. The topological polar surface area (TPSA) is 84.4 Å². The van der Waals surface area contributed by atoms with Crippen molar-refractivity contribution >= 4 is 11.4 Å². The van der Waals surface area contributed by atoms with Gasteiger partial charge in [0, 0.05) is 19.6 Å². The maximum Gasteiger partial charge on any atom is 0.237 e. The average molecular weight is 297 g/mol. The van der Waals surface area contributed by atoms with Gasteiger partial charge in [-0.05, 0) is 31.5 Å². The second-order valence-corrected chi connectivity index (χ2v) is 5.44. The van der Waals surface area contributed by atoms with E-state index in [1.54, 1.807) is 12.1 Å². The zero-order chi connectivity index (χ0) is 15.9. The van der Waals surface area contributed by atoms with Gasteiger partial charge >= 0.3 is 0 Å². The van der Waals surface area contributed by atoms with Crippen LogP contribution in [-0.4, -0.2) is 35.9 Å². The number of nitriles is 2. The van der Waals surface area contributed by atoms with Crippen molar-refractivity contribution in [1.82, 2.24) is 4.90 Å². The highest BCUT2D eigenvalue weighted by Crippen LogP contribution is 2.16. The molecule has 2 rings (SSSR count). The fourth-order valence-electron chi connectivity index (χ4n) is 2.55. The number of anilines is 1. The van der Waals surface area contributed by atoms with Gasteiger partial charge in [0.15, 0.2) is 0 Å². The number of rotatable bonds is 4. The molecule has 2 atom stereocenters. The molecule has 2 unspecified atom stereocenters. The third kappa shape index (κ3) is 4.56. The van der Waals surface area contributed by atoms with Crippen LogP contribution in [0.25, 0.3) is 0 Å². The van der Waals surface area contributed by atoms with Crippen molar-refractivity contribution in [1.29, 1.82) is 10.5 Å². The van der Waals surface area contributed by atoms with Gasteiger partial charge in [0.05, 0.1) is 17.9 Å². The minimum Gasteiger partial charge on any atom is -0.373 e. The van der Waals surface area contributed by atoms with E-state index in [-0.39, 0.29) is 17.9 Å². The van der Waals surface area contributed by atoms with Gasteiger partial charge in [0.1, 0.15) is 12.1 Å². The van der Waals surface area contributed by atoms with Crippen LogP contribution in [-0.2, 0) is 11.3 Å². The van der Waals surface area contributed by atoms with Crippen LogP contribution in [0.4, 0.5) is 5.69 Å². The Morgan fingerprint density at radius 3 is 2.36 bits per heavy atom. The Bertz CT molecular complexity index is 585. The largest absolute Gasteiger partial charge is 0.373 e. The molecular formula is C16H19N5O. The van der Waals surface area contributed by atoms with Crippen LogP contribution in [0.3, 0.4) is 0 Å². The second-order valence-electron chi connectivity index (χ2n) is 5.44. The summed E-state index contributed by atoms with van der Waals surface area (Å²) in [4.78, 5) is 2.38. The van der Waals surface area contributed by atoms with Gasteiger partial charge in [-0.25, -0.2) is 0 Å². The van der Waals surface area contributed by atoms with Crippen molar-refractivity contribution in [3.63, 3.8) is 0 Å². The Labute approximate surface area is 130 Å². The van der Waals surface area contributed by atoms with E-state index in [2.05, 4.69) is 29.3 Å². The number of hydrogen-bond acceptors (Lipinski definition) is 6. The maximum atomic E-state index is 8.61. The fourth-order valence-corrected chi connectivity index (χ4v) is 2.55. The monoisotopic (exact) mass is 297 g/mol. The molecule has 6 nitrogen and oxygen atoms in total. The van der Waals surface area contributed by atoms with E-state index in [4.69, 9.17) is 15.3 Å². The highest BCUT2D eigenvalue weighted by atomic mass is 16.5. The lowest BCUT2D eigenvalue weighted by Gasteiger charge is -2.35. The van der Waals surface area contributed by atoms with Crippen molar-refractivity contribution in [2.24, 2.45) is 5.10 Å². The Hall–Kier alpha value is -2.41. The molecule has 1 fully saturated rings. The first-order valence-electron chi connectivity index (χ1n) is 7.21. The molecule has 1 heterocycles. The summed E-state index contributed by atoms with van der Waals surface area (Å²) in [5.74, 6) is 0. The van der Waals surface area contributed by atoms with E-state index in [0.717, 1.165) is 25.3 Å². The van der Waals surface area contributed by atoms with E-state index in [0.29, 0.717) is 0 Å². The Morgan fingerprint density at radius 2 is 1.82 bits per heavy atom. The van der Waals surface area contributed by atoms with Gasteiger partial charge < -0.3 is 4.74 Å². The molecular weight excluding hydrogens is 278 g/mol. The lowest BCUT2D eigenvalue weighted by molar-refractivity contribution is -0.0704. The first kappa shape index (κ1) is 16.0. The quantitative estimate of drug-likeness (QED) is 0.679. The number of nitrogens with one attached hydrogen (secondary N) is 1. The number of nitrogens with zero attached hydrogens (tertiary/aromatic N) is 4. The maximum absolute atomic E-state index is 8.61. The molecule has 0 bridgehead atoms. The molecule has 1 aromatic carbocycles. The van der Waals surface area contributed by atoms with Crippen molar-refractivity contribution in [2.45, 2.75) is 32.6 Å². The summed E-state index contributed by atoms with van der Waals surface area (Å²) in [6.45, 7) is 6.93. The van der Waals surface area contributed by atoms with E-state index >= 15 is 0 Å². The zero-order valence-electron chi connectivity index (χ0n) is 12.8. The van der Waals surface area contributed by atoms with Crippen LogP contribution in [0.2, 0.25) is 0 Å². The number of morpholine rings is 1. The molecule has 6 heteroatoms. The minimum atomic E-state index is -0.194. The summed E-state index contributed by atoms with van der Waals surface area (Å²) in [6, 6.07) is 11.2. The molecule has 0 aliphatic carbocycles. The van der Waals surface area contributed by atoms with Crippen LogP contribution in [0.1, 0.15) is 19.4 Å². The van der Waals surface area contributed by atoms with Crippen molar-refractivity contribution in [3.05, 3.63) is 29.8 Å². The smallest absolute Gasteiger partial charge is 0.237 e. The third-order valence-corrected chi connectivity index (χ3v) is 3.36. The predicted molar refractivity (Wildman–Crippen MR) is 84.0 cm³/mol. The molecule has 0 saturated carbocycles. The van der Waals surface area contributed by atoms with E-state index in [1.165, 1.54) is 5.56 Å². The lowest BCUT2D eigenvalue weighted by atomic mass is 10.1. The van der Waals surface area contributed by atoms with Crippen molar-refractivity contribution in [2.75, 3.05) is 18.5 Å². The van der Waals surface area contributed by atoms with Gasteiger partial charge in [0.2, 0.25) is 5.71 Å². The van der Waals surface area contributed by atoms with Gasteiger partial charge in [-0.3, -0.25) is 10.3 Å². The molecule has 1 aromatic rings. The Morgan fingerprint density at radius 1 is 1.23 bits per heavy atom. The number of ether oxygens (including phenoxy) is 1. The third-order valence-electron chi connectivity index (χ3n) is 3.36. The number of benzene rings is 1. The Balaban J connectivity index is 1.94. The van der Waals surface area contributed by atoms with Crippen molar-refractivity contribution < 1.29 is 4.74 Å². The molecule has 0 amide bonds. The second kappa shape index (κ2) is 7.56. The lowest BCUT2D eigenvalue weighted by Crippen LogP contribution is -2.44. The van der Waals surface area contributed by atoms with Gasteiger partial charge in [-0.2, -0.15) is 15.6 Å². The molecule has 0 aromatic heterocycles. The van der Waals surface area contributed by atoms with Crippen LogP contribution in [0.5, 0.6) is 0 Å². The first-order valence-corrected chi connectivity index (χ1v) is 7.21. The molecule has 1 saturated heterocycles. The summed E-state index contributed by atoms with van der Waals surface area (Å²) in [5.41, 5.74) is 4.46. The fraction of sp³-hybridized carbons (Fsp3) is 0.438. The molecule has 0 radical (unpaired) electrons. The van der Waals surface area contributed by atoms with Crippen molar-refractivity contribution in [3.8, 4) is 12.1 Å². The van der Waals surface area contributed by atoms with E-state index in [9.17, 15) is 0 Å². The predicted octanol–water partition coefficient (Wildman–Crippen LogP) is 2.11. The van der Waals surface area contributed by atoms with Gasteiger partial charge in [-0.15, -0.1) is 0 Å². The van der Waals surface area contributed by atoms with Gasteiger partial charge in [0.25, 0.3) is 0 Å². The SMILES string of the molecule is CC1CN(Cc2ccc(NN=C(C#N)C#N)cc2)CC(C)O1. The Kier molecular flexibility index (Phi) is 5.48. The summed E-state index contributed by atoms with van der Waals surface area (Å²) < 4.78 is 5.73. The number of hydrogen-bond donors (Lipinski definition) is 1. The average Bonchev–Trinajstić information content (AvgIpc) is 2.49. The molecule has 114 valence electrons. The molecule has 1 aliphatic rings. The van der Waals surface area contributed by atoms with Gasteiger partial charge in [-0.1, -0.05) is 12.1 Å². The van der Waals surface area contributed by atoms with Crippen LogP contribution < -0.4 is 5.43 Å².